The van der Waals surface area contributed by atoms with Crippen LogP contribution in [0.25, 0.3) is 10.9 Å². The normalized spacial score (nSPS) is 15.3. The number of benzene rings is 2. The molecule has 9 heteroatoms. The Morgan fingerprint density at radius 2 is 1.88 bits per heavy atom. The van der Waals surface area contributed by atoms with Crippen molar-refractivity contribution in [1.29, 1.82) is 0 Å². The van der Waals surface area contributed by atoms with E-state index in [1.807, 2.05) is 35.6 Å². The molecule has 0 saturated carbocycles. The molecule has 0 amide bonds. The third-order valence-corrected chi connectivity index (χ3v) is 6.54. The van der Waals surface area contributed by atoms with Crippen LogP contribution in [0.2, 0.25) is 0 Å². The summed E-state index contributed by atoms with van der Waals surface area (Å²) in [5.74, 6) is 0.892. The molecule has 9 nitrogen and oxygen atoms in total. The minimum Gasteiger partial charge on any atom is -0.494 e. The Bertz CT molecular complexity index is 1480. The number of aromatic nitrogens is 3. The molecule has 5 N–H and O–H groups in total. The first-order valence-electron chi connectivity index (χ1n) is 11.2. The summed E-state index contributed by atoms with van der Waals surface area (Å²) in [5, 5.41) is 14.3. The number of nitrogens with zero attached hydrogens (tertiary/aromatic N) is 1. The number of nitrogens with one attached hydrogen (secondary N) is 2. The van der Waals surface area contributed by atoms with E-state index in [9.17, 15) is 14.7 Å². The van der Waals surface area contributed by atoms with Crippen molar-refractivity contribution in [3.63, 3.8) is 0 Å². The zero-order chi connectivity index (χ0) is 23.8. The van der Waals surface area contributed by atoms with Crippen molar-refractivity contribution in [2.45, 2.75) is 25.4 Å². The minimum atomic E-state index is -0.639. The molecule has 1 atom stereocenters. The topological polar surface area (TPSA) is 126 Å². The molecule has 5 rings (SSSR count). The zero-order valence-electron chi connectivity index (χ0n) is 19.1. The largest absolute Gasteiger partial charge is 0.494 e. The van der Waals surface area contributed by atoms with Crippen LogP contribution in [0.4, 0.5) is 0 Å². The maximum atomic E-state index is 12.9. The quantitative estimate of drug-likeness (QED) is 0.342. The second kappa shape index (κ2) is 8.75. The fraction of sp³-hybridized carbons (Fsp3) is 0.280. The van der Waals surface area contributed by atoms with Crippen LogP contribution in [0.5, 0.6) is 17.4 Å². The summed E-state index contributed by atoms with van der Waals surface area (Å²) in [7, 11) is 3.13. The summed E-state index contributed by atoms with van der Waals surface area (Å²) in [5.41, 5.74) is 2.89. The maximum absolute atomic E-state index is 12.9. The number of aryl methyl sites for hydroxylation is 1. The summed E-state index contributed by atoms with van der Waals surface area (Å²) in [4.78, 5) is 31.3. The first-order chi connectivity index (χ1) is 16.5. The molecule has 1 aliphatic heterocycles. The summed E-state index contributed by atoms with van der Waals surface area (Å²) >= 11 is 0. The average molecular weight is 464 g/mol. The molecule has 2 aromatic heterocycles. The summed E-state index contributed by atoms with van der Waals surface area (Å²) in [6.45, 7) is 0.958. The minimum absolute atomic E-state index is 0.180. The molecule has 3 heterocycles. The van der Waals surface area contributed by atoms with E-state index < -0.39 is 17.3 Å². The Hall–Kier alpha value is -3.98. The number of quaternary nitrogens is 1. The highest BCUT2D eigenvalue weighted by atomic mass is 16.5. The fourth-order valence-electron chi connectivity index (χ4n) is 4.87. The molecule has 0 aliphatic carbocycles. The van der Waals surface area contributed by atoms with Crippen LogP contribution in [0.15, 0.2) is 52.1 Å². The monoisotopic (exact) mass is 463 g/mol. The van der Waals surface area contributed by atoms with Crippen molar-refractivity contribution in [3.8, 4) is 17.4 Å². The number of rotatable bonds is 6. The highest BCUT2D eigenvalue weighted by Gasteiger charge is 2.34. The van der Waals surface area contributed by atoms with Gasteiger partial charge >= 0.3 is 5.69 Å². The van der Waals surface area contributed by atoms with E-state index in [2.05, 4.69) is 16.0 Å². The highest BCUT2D eigenvalue weighted by molar-refractivity contribution is 5.85. The number of methoxy groups -OCH3 is 2. The number of ether oxygens (including phenoxy) is 2. The molecule has 4 aromatic rings. The van der Waals surface area contributed by atoms with Gasteiger partial charge in [-0.05, 0) is 35.7 Å². The van der Waals surface area contributed by atoms with Crippen molar-refractivity contribution in [2.75, 3.05) is 20.8 Å². The average Bonchev–Trinajstić information content (AvgIpc) is 3.23. The van der Waals surface area contributed by atoms with E-state index in [1.54, 1.807) is 20.3 Å². The summed E-state index contributed by atoms with van der Waals surface area (Å²) < 4.78 is 11.8. The lowest BCUT2D eigenvalue weighted by Gasteiger charge is -2.22. The van der Waals surface area contributed by atoms with Crippen LogP contribution in [0.3, 0.4) is 0 Å². The molecule has 1 aliphatic rings. The van der Waals surface area contributed by atoms with Crippen LogP contribution in [0.1, 0.15) is 28.4 Å². The Morgan fingerprint density at radius 1 is 1.09 bits per heavy atom. The third-order valence-electron chi connectivity index (χ3n) is 6.54. The predicted molar refractivity (Wildman–Crippen MR) is 127 cm³/mol. The van der Waals surface area contributed by atoms with Crippen molar-refractivity contribution in [2.24, 2.45) is 0 Å². The lowest BCUT2D eigenvalue weighted by Crippen LogP contribution is -2.87. The highest BCUT2D eigenvalue weighted by Crippen LogP contribution is 2.32. The Balaban J connectivity index is 1.52. The first kappa shape index (κ1) is 21.8. The van der Waals surface area contributed by atoms with Crippen LogP contribution in [0, 0.1) is 0 Å². The van der Waals surface area contributed by atoms with Gasteiger partial charge in [0.25, 0.3) is 5.56 Å². The second-order valence-electron chi connectivity index (χ2n) is 8.40. The lowest BCUT2D eigenvalue weighted by atomic mass is 9.95. The number of aromatic hydroxyl groups is 1. The zero-order valence-corrected chi connectivity index (χ0v) is 19.1. The Labute approximate surface area is 195 Å². The van der Waals surface area contributed by atoms with E-state index in [0.29, 0.717) is 17.9 Å². The standard InChI is InChI=1S/C25H26N4O5/c1-33-18-8-7-14(13-19(18)34-2)10-12-29-24(31)20(23(30)28-25(29)32)22-21-16(9-11-26-22)15-5-3-4-6-17(15)27-21/h3-8,13,22,26-27,31H,9-12H2,1-2H3,(H,28,30,32)/p+1/t22-/m0/s1. The smallest absolute Gasteiger partial charge is 0.331 e. The van der Waals surface area contributed by atoms with Gasteiger partial charge in [-0.1, -0.05) is 24.3 Å². The number of hydrogen-bond donors (Lipinski definition) is 4. The second-order valence-corrected chi connectivity index (χ2v) is 8.40. The Morgan fingerprint density at radius 3 is 2.68 bits per heavy atom. The first-order valence-corrected chi connectivity index (χ1v) is 11.2. The van der Waals surface area contributed by atoms with E-state index in [-0.39, 0.29) is 18.0 Å². The van der Waals surface area contributed by atoms with E-state index in [0.717, 1.165) is 40.7 Å². The Kier molecular flexibility index (Phi) is 5.62. The van der Waals surface area contributed by atoms with E-state index in [4.69, 9.17) is 9.47 Å². The molecule has 2 aromatic carbocycles. The number of fused-ring (bicyclic) bond motifs is 3. The van der Waals surface area contributed by atoms with Crippen molar-refractivity contribution < 1.29 is 19.9 Å². The van der Waals surface area contributed by atoms with Crippen molar-refractivity contribution in [1.82, 2.24) is 14.5 Å². The molecule has 176 valence electrons. The molecule has 0 fully saturated rings. The molecule has 0 saturated heterocycles. The van der Waals surface area contributed by atoms with Gasteiger partial charge in [-0.2, -0.15) is 0 Å². The molecule has 0 unspecified atom stereocenters. The number of hydrogen-bond acceptors (Lipinski definition) is 5. The third kappa shape index (κ3) is 3.63. The summed E-state index contributed by atoms with van der Waals surface area (Å²) in [6.07, 6.45) is 1.30. The van der Waals surface area contributed by atoms with Gasteiger partial charge in [0.05, 0.1) is 26.5 Å². The molecular weight excluding hydrogens is 436 g/mol. The lowest BCUT2D eigenvalue weighted by molar-refractivity contribution is -0.690. The van der Waals surface area contributed by atoms with Crippen LogP contribution in [-0.4, -0.2) is 40.4 Å². The molecule has 0 radical (unpaired) electrons. The van der Waals surface area contributed by atoms with Gasteiger partial charge in [0.15, 0.2) is 17.5 Å². The molecule has 0 bridgehead atoms. The molecule has 34 heavy (non-hydrogen) atoms. The van der Waals surface area contributed by atoms with Crippen LogP contribution >= 0.6 is 0 Å². The number of para-hydroxylation sites is 1. The maximum Gasteiger partial charge on any atom is 0.331 e. The van der Waals surface area contributed by atoms with Gasteiger partial charge < -0.3 is 24.9 Å². The predicted octanol–water partition coefficient (Wildman–Crippen LogP) is 1.19. The SMILES string of the molecule is COc1ccc(CCn2c(O)c([C@@H]3[NH2+]CCc4c3[nH]c3ccccc43)c(=O)[nH]c2=O)cc1OC. The van der Waals surface area contributed by atoms with Crippen LogP contribution in [-0.2, 0) is 19.4 Å². The van der Waals surface area contributed by atoms with Crippen LogP contribution < -0.4 is 26.0 Å². The number of nitrogens with two attached hydrogens (primary N) is 1. The van der Waals surface area contributed by atoms with Gasteiger partial charge in [0, 0.05) is 23.9 Å². The fourth-order valence-corrected chi connectivity index (χ4v) is 4.87. The van der Waals surface area contributed by atoms with Gasteiger partial charge in [-0.15, -0.1) is 0 Å². The van der Waals surface area contributed by atoms with Gasteiger partial charge in [0.2, 0.25) is 5.88 Å². The van der Waals surface area contributed by atoms with Gasteiger partial charge in [-0.3, -0.25) is 14.3 Å². The van der Waals surface area contributed by atoms with Crippen molar-refractivity contribution >= 4 is 10.9 Å². The molecular formula is C25H27N4O5+. The van der Waals surface area contributed by atoms with E-state index >= 15 is 0 Å². The van der Waals surface area contributed by atoms with Gasteiger partial charge in [-0.25, -0.2) is 4.79 Å². The van der Waals surface area contributed by atoms with E-state index in [1.165, 1.54) is 4.57 Å². The summed E-state index contributed by atoms with van der Waals surface area (Å²) in [6, 6.07) is 13.1. The van der Waals surface area contributed by atoms with Crippen molar-refractivity contribution in [3.05, 3.63) is 85.7 Å². The van der Waals surface area contributed by atoms with Gasteiger partial charge in [0.1, 0.15) is 5.56 Å². The number of H-pyrrole nitrogens is 2. The number of aromatic amines is 2. The molecule has 0 spiro atoms.